The van der Waals surface area contributed by atoms with Crippen LogP contribution in [0.5, 0.6) is 0 Å². The fraction of sp³-hybridized carbons (Fsp3) is 0.364. The second-order valence-corrected chi connectivity index (χ2v) is 6.81. The van der Waals surface area contributed by atoms with Crippen molar-refractivity contribution >= 4 is 11.8 Å². The smallest absolute Gasteiger partial charge is 0.251 e. The molecule has 0 aliphatic carbocycles. The highest BCUT2D eigenvalue weighted by atomic mass is 16.5. The van der Waals surface area contributed by atoms with Crippen LogP contribution in [0, 0.1) is 0 Å². The molecule has 6 nitrogen and oxygen atoms in total. The minimum Gasteiger partial charge on any atom is -0.379 e. The van der Waals surface area contributed by atoms with Crippen molar-refractivity contribution in [3.63, 3.8) is 0 Å². The van der Waals surface area contributed by atoms with Gasteiger partial charge >= 0.3 is 0 Å². The predicted octanol–water partition coefficient (Wildman–Crippen LogP) is 2.07. The van der Waals surface area contributed by atoms with Crippen molar-refractivity contribution in [2.75, 3.05) is 39.4 Å². The summed E-state index contributed by atoms with van der Waals surface area (Å²) in [5.41, 5.74) is 2.22. The maximum absolute atomic E-state index is 12.2. The van der Waals surface area contributed by atoms with E-state index in [2.05, 4.69) is 15.5 Å². The number of carbonyl (C=O) groups is 2. The van der Waals surface area contributed by atoms with Crippen molar-refractivity contribution in [1.82, 2.24) is 15.5 Å². The number of rotatable bonds is 8. The summed E-state index contributed by atoms with van der Waals surface area (Å²) in [6.45, 7) is 5.59. The van der Waals surface area contributed by atoms with E-state index in [-0.39, 0.29) is 11.8 Å². The van der Waals surface area contributed by atoms with Crippen LogP contribution >= 0.6 is 0 Å². The first-order valence-electron chi connectivity index (χ1n) is 9.73. The molecule has 1 aliphatic rings. The molecule has 0 bridgehead atoms. The van der Waals surface area contributed by atoms with Crippen molar-refractivity contribution in [2.45, 2.75) is 13.0 Å². The highest BCUT2D eigenvalue weighted by molar-refractivity contribution is 5.94. The van der Waals surface area contributed by atoms with Crippen LogP contribution < -0.4 is 10.6 Å². The summed E-state index contributed by atoms with van der Waals surface area (Å²) in [6.07, 6.45) is 0.926. The van der Waals surface area contributed by atoms with Gasteiger partial charge in [0.05, 0.1) is 13.2 Å². The zero-order valence-corrected chi connectivity index (χ0v) is 16.0. The van der Waals surface area contributed by atoms with Gasteiger partial charge in [0.2, 0.25) is 0 Å². The van der Waals surface area contributed by atoms with Crippen molar-refractivity contribution in [3.8, 4) is 0 Å². The van der Waals surface area contributed by atoms with Crippen molar-refractivity contribution < 1.29 is 14.3 Å². The molecule has 2 aromatic rings. The van der Waals surface area contributed by atoms with Gasteiger partial charge in [0.25, 0.3) is 11.8 Å². The first-order chi connectivity index (χ1) is 13.7. The summed E-state index contributed by atoms with van der Waals surface area (Å²) in [7, 11) is 0. The van der Waals surface area contributed by atoms with E-state index in [0.29, 0.717) is 24.2 Å². The molecule has 1 heterocycles. The third-order valence-corrected chi connectivity index (χ3v) is 4.75. The minimum atomic E-state index is -0.109. The summed E-state index contributed by atoms with van der Waals surface area (Å²) in [6, 6.07) is 16.4. The minimum absolute atomic E-state index is 0.0677. The number of benzene rings is 2. The molecule has 3 rings (SSSR count). The largest absolute Gasteiger partial charge is 0.379 e. The molecule has 2 N–H and O–H groups in total. The lowest BCUT2D eigenvalue weighted by Gasteiger charge is -2.26. The van der Waals surface area contributed by atoms with Crippen LogP contribution in [0.4, 0.5) is 0 Å². The Labute approximate surface area is 165 Å². The van der Waals surface area contributed by atoms with Crippen LogP contribution in [0.3, 0.4) is 0 Å². The molecule has 28 heavy (non-hydrogen) atoms. The first kappa shape index (κ1) is 20.0. The Hall–Kier alpha value is -2.70. The average molecular weight is 381 g/mol. The number of amides is 2. The lowest BCUT2D eigenvalue weighted by Crippen LogP contribution is -2.38. The van der Waals surface area contributed by atoms with Gasteiger partial charge in [-0.1, -0.05) is 30.3 Å². The van der Waals surface area contributed by atoms with Crippen LogP contribution in [-0.2, 0) is 11.3 Å². The lowest BCUT2D eigenvalue weighted by molar-refractivity contribution is 0.0374. The van der Waals surface area contributed by atoms with E-state index >= 15 is 0 Å². The van der Waals surface area contributed by atoms with Gasteiger partial charge in [-0.15, -0.1) is 0 Å². The SMILES string of the molecule is O=C(NCCCN1CCOCC1)c1ccc(CNC(=O)c2ccccc2)cc1. The maximum Gasteiger partial charge on any atom is 0.251 e. The molecule has 6 heteroatoms. The fourth-order valence-corrected chi connectivity index (χ4v) is 3.08. The predicted molar refractivity (Wildman–Crippen MR) is 108 cm³/mol. The van der Waals surface area contributed by atoms with Gasteiger partial charge in [-0.25, -0.2) is 0 Å². The Morgan fingerprint density at radius 1 is 0.857 bits per heavy atom. The summed E-state index contributed by atoms with van der Waals surface area (Å²) < 4.78 is 5.33. The van der Waals surface area contributed by atoms with E-state index in [1.54, 1.807) is 24.3 Å². The highest BCUT2D eigenvalue weighted by Gasteiger charge is 2.10. The van der Waals surface area contributed by atoms with Crippen LogP contribution in [0.2, 0.25) is 0 Å². The van der Waals surface area contributed by atoms with Crippen molar-refractivity contribution in [2.24, 2.45) is 0 Å². The highest BCUT2D eigenvalue weighted by Crippen LogP contribution is 2.06. The lowest BCUT2D eigenvalue weighted by atomic mass is 10.1. The van der Waals surface area contributed by atoms with E-state index < -0.39 is 0 Å². The molecule has 1 aliphatic heterocycles. The molecule has 2 aromatic carbocycles. The molecule has 1 saturated heterocycles. The quantitative estimate of drug-likeness (QED) is 0.687. The van der Waals surface area contributed by atoms with E-state index in [1.807, 2.05) is 30.3 Å². The summed E-state index contributed by atoms with van der Waals surface area (Å²) in [5, 5.41) is 5.85. The topological polar surface area (TPSA) is 70.7 Å². The standard InChI is InChI=1S/C22H27N3O3/c26-21(23-11-4-12-25-13-15-28-16-14-25)20-9-7-18(8-10-20)17-24-22(27)19-5-2-1-3-6-19/h1-3,5-10H,4,11-17H2,(H,23,26)(H,24,27). The number of nitrogens with one attached hydrogen (secondary N) is 2. The Morgan fingerprint density at radius 2 is 1.50 bits per heavy atom. The number of hydrogen-bond donors (Lipinski definition) is 2. The third-order valence-electron chi connectivity index (χ3n) is 4.75. The molecule has 0 spiro atoms. The van der Waals surface area contributed by atoms with Gasteiger partial charge in [-0.3, -0.25) is 14.5 Å². The van der Waals surface area contributed by atoms with Crippen molar-refractivity contribution in [1.29, 1.82) is 0 Å². The van der Waals surface area contributed by atoms with E-state index in [9.17, 15) is 9.59 Å². The number of hydrogen-bond acceptors (Lipinski definition) is 4. The Bertz CT molecular complexity index is 756. The summed E-state index contributed by atoms with van der Waals surface area (Å²) >= 11 is 0. The molecular weight excluding hydrogens is 354 g/mol. The van der Waals surface area contributed by atoms with Crippen LogP contribution in [0.25, 0.3) is 0 Å². The van der Waals surface area contributed by atoms with Gasteiger partial charge in [0.15, 0.2) is 0 Å². The second-order valence-electron chi connectivity index (χ2n) is 6.81. The van der Waals surface area contributed by atoms with Crippen LogP contribution in [0.1, 0.15) is 32.7 Å². The second kappa shape index (κ2) is 10.6. The first-order valence-corrected chi connectivity index (χ1v) is 9.73. The maximum atomic E-state index is 12.2. The Balaban J connectivity index is 1.38. The molecule has 0 unspecified atom stereocenters. The van der Waals surface area contributed by atoms with Gasteiger partial charge in [-0.05, 0) is 42.8 Å². The number of ether oxygens (including phenoxy) is 1. The van der Waals surface area contributed by atoms with Crippen LogP contribution in [0.15, 0.2) is 54.6 Å². The zero-order chi connectivity index (χ0) is 19.6. The third kappa shape index (κ3) is 6.18. The molecule has 1 fully saturated rings. The molecule has 148 valence electrons. The number of nitrogens with zero attached hydrogens (tertiary/aromatic N) is 1. The van der Waals surface area contributed by atoms with Gasteiger partial charge < -0.3 is 15.4 Å². The van der Waals surface area contributed by atoms with Gasteiger partial charge in [0.1, 0.15) is 0 Å². The van der Waals surface area contributed by atoms with E-state index in [4.69, 9.17) is 4.74 Å². The Kier molecular flexibility index (Phi) is 7.58. The molecular formula is C22H27N3O3. The van der Waals surface area contributed by atoms with Crippen LogP contribution in [-0.4, -0.2) is 56.1 Å². The summed E-state index contributed by atoms with van der Waals surface area (Å²) in [5.74, 6) is -0.176. The van der Waals surface area contributed by atoms with Gasteiger partial charge in [0, 0.05) is 37.3 Å². The van der Waals surface area contributed by atoms with E-state index in [1.165, 1.54) is 0 Å². The van der Waals surface area contributed by atoms with Gasteiger partial charge in [-0.2, -0.15) is 0 Å². The van der Waals surface area contributed by atoms with Crippen molar-refractivity contribution in [3.05, 3.63) is 71.3 Å². The molecule has 0 aromatic heterocycles. The summed E-state index contributed by atoms with van der Waals surface area (Å²) in [4.78, 5) is 26.7. The van der Waals surface area contributed by atoms with E-state index in [0.717, 1.165) is 44.8 Å². The molecule has 0 radical (unpaired) electrons. The average Bonchev–Trinajstić information content (AvgIpc) is 2.76. The fourth-order valence-electron chi connectivity index (χ4n) is 3.08. The molecule has 0 saturated carbocycles. The zero-order valence-electron chi connectivity index (χ0n) is 16.0. The molecule has 2 amide bonds. The Morgan fingerprint density at radius 3 is 2.21 bits per heavy atom. The monoisotopic (exact) mass is 381 g/mol. The normalized spacial score (nSPS) is 14.4. The molecule has 0 atom stereocenters. The number of morpholine rings is 1. The number of carbonyl (C=O) groups excluding carboxylic acids is 2.